The zero-order valence-electron chi connectivity index (χ0n) is 55.5. The maximum atomic E-state index is 11.9. The Kier molecular flexibility index (Phi) is 29.7. The van der Waals surface area contributed by atoms with E-state index in [0.717, 1.165) is 154 Å². The molecule has 492 valence electrons. The van der Waals surface area contributed by atoms with Crippen LogP contribution in [0.5, 0.6) is 69.0 Å². The molecule has 0 radical (unpaired) electrons. The van der Waals surface area contributed by atoms with Gasteiger partial charge in [-0.3, -0.25) is 0 Å². The van der Waals surface area contributed by atoms with E-state index in [9.17, 15) is 30.6 Å². The predicted molar refractivity (Wildman–Crippen MR) is 363 cm³/mol. The Labute approximate surface area is 538 Å². The average molecular weight is 1240 g/mol. The van der Waals surface area contributed by atoms with Gasteiger partial charge in [-0.1, -0.05) is 157 Å². The molecule has 0 aliphatic heterocycles. The van der Waals surface area contributed by atoms with E-state index >= 15 is 0 Å². The molecule has 0 aromatic heterocycles. The van der Waals surface area contributed by atoms with Gasteiger partial charge in [0.1, 0.15) is 69.0 Å². The van der Waals surface area contributed by atoms with Crippen molar-refractivity contribution in [2.24, 2.45) is 0 Å². The number of unbranched alkanes of at least 4 members (excludes halogenated alkanes) is 18. The summed E-state index contributed by atoms with van der Waals surface area (Å²) in [5.41, 5.74) is 8.36. The van der Waals surface area contributed by atoms with Crippen molar-refractivity contribution in [2.75, 3.05) is 39.6 Å². The van der Waals surface area contributed by atoms with Crippen LogP contribution in [-0.4, -0.2) is 70.3 Å². The van der Waals surface area contributed by atoms with Crippen LogP contribution in [0.4, 0.5) is 0 Å². The van der Waals surface area contributed by atoms with E-state index < -0.39 is 0 Å². The first kappa shape index (κ1) is 70.4. The van der Waals surface area contributed by atoms with Crippen molar-refractivity contribution in [2.45, 2.75) is 234 Å². The van der Waals surface area contributed by atoms with Gasteiger partial charge < -0.3 is 59.1 Å². The summed E-state index contributed by atoms with van der Waals surface area (Å²) < 4.78 is 41.7. The molecule has 0 spiro atoms. The highest BCUT2D eigenvalue weighted by Crippen LogP contribution is 2.45. The molecule has 1 aliphatic carbocycles. The summed E-state index contributed by atoms with van der Waals surface area (Å²) in [6.07, 6.45) is 25.0. The molecule has 0 unspecified atom stereocenters. The van der Waals surface area contributed by atoms with Crippen LogP contribution < -0.4 is 28.4 Å². The van der Waals surface area contributed by atoms with Gasteiger partial charge in [0.15, 0.2) is 0 Å². The van der Waals surface area contributed by atoms with Gasteiger partial charge in [-0.15, -0.1) is 0 Å². The number of aromatic hydroxyl groups is 6. The highest BCUT2D eigenvalue weighted by atomic mass is 16.5. The summed E-state index contributed by atoms with van der Waals surface area (Å²) >= 11 is 0. The van der Waals surface area contributed by atoms with Crippen molar-refractivity contribution in [3.05, 3.63) is 140 Å². The van der Waals surface area contributed by atoms with Crippen LogP contribution in [0.3, 0.4) is 0 Å². The molecule has 0 saturated heterocycles. The van der Waals surface area contributed by atoms with E-state index in [-0.39, 0.29) is 73.0 Å². The van der Waals surface area contributed by atoms with Gasteiger partial charge >= 0.3 is 0 Å². The lowest BCUT2D eigenvalue weighted by atomic mass is 9.90. The monoisotopic (exact) mass is 1240 g/mol. The highest BCUT2D eigenvalue weighted by molar-refractivity contribution is 5.61. The van der Waals surface area contributed by atoms with E-state index in [4.69, 9.17) is 28.4 Å². The van der Waals surface area contributed by atoms with Gasteiger partial charge in [-0.25, -0.2) is 0 Å². The third-order valence-corrected chi connectivity index (χ3v) is 17.1. The number of rotatable bonds is 36. The Bertz CT molecular complexity index is 2470. The van der Waals surface area contributed by atoms with E-state index in [2.05, 4.69) is 41.5 Å². The molecule has 12 bridgehead atoms. The minimum Gasteiger partial charge on any atom is -0.508 e. The second kappa shape index (κ2) is 37.9. The molecular weight excluding hydrogens is 1130 g/mol. The van der Waals surface area contributed by atoms with Crippen molar-refractivity contribution in [1.82, 2.24) is 0 Å². The van der Waals surface area contributed by atoms with Crippen molar-refractivity contribution < 1.29 is 59.1 Å². The zero-order chi connectivity index (χ0) is 64.0. The standard InChI is InChI=1S/C78H108O12/c1-7-13-19-25-31-85-73-55-37-57-45-68(80)47-59(74(57)86-32-26-20-14-8-2)39-61-49-70(82)51-63(76(61)88-34-28-22-16-10-4)41-65-53-72(84)54-66(78(65)90-36-30-24-18-12-6)42-64-52-71(83)50-62(77(64)89-35-29-23-17-11-5)40-60-48-69(81)46-58(38-56(73)44-67(79)43-55)75(60)87-33-27-21-15-9-3/h43-54,79-84H,7-42H2,1-6H3. The van der Waals surface area contributed by atoms with Crippen LogP contribution in [0.25, 0.3) is 0 Å². The number of fused-ring (bicyclic) bond motifs is 12. The first-order valence-electron chi connectivity index (χ1n) is 34.7. The Balaban J connectivity index is 1.53. The van der Waals surface area contributed by atoms with Crippen molar-refractivity contribution in [3.63, 3.8) is 0 Å². The van der Waals surface area contributed by atoms with Crippen LogP contribution in [-0.2, 0) is 38.5 Å². The van der Waals surface area contributed by atoms with Crippen LogP contribution >= 0.6 is 0 Å². The molecule has 0 saturated carbocycles. The summed E-state index contributed by atoms with van der Waals surface area (Å²) in [4.78, 5) is 0. The Morgan fingerprint density at radius 2 is 0.322 bits per heavy atom. The fraction of sp³-hybridized carbons (Fsp3) is 0.538. The van der Waals surface area contributed by atoms with E-state index in [1.807, 2.05) is 0 Å². The second-order valence-corrected chi connectivity index (χ2v) is 25.1. The summed E-state index contributed by atoms with van der Waals surface area (Å²) in [6.45, 7) is 15.7. The van der Waals surface area contributed by atoms with E-state index in [0.29, 0.717) is 141 Å². The highest BCUT2D eigenvalue weighted by Gasteiger charge is 2.27. The number of phenols is 6. The second-order valence-electron chi connectivity index (χ2n) is 25.1. The minimum atomic E-state index is 0.0360. The topological polar surface area (TPSA) is 177 Å². The van der Waals surface area contributed by atoms with Gasteiger partial charge in [-0.05, 0) is 111 Å². The average Bonchev–Trinajstić information content (AvgIpc) is 0.952. The molecule has 6 aromatic rings. The number of ether oxygens (including phenoxy) is 6. The molecule has 0 heterocycles. The Morgan fingerprint density at radius 1 is 0.200 bits per heavy atom. The summed E-state index contributed by atoms with van der Waals surface area (Å²) in [7, 11) is 0. The first-order valence-corrected chi connectivity index (χ1v) is 34.7. The van der Waals surface area contributed by atoms with Crippen LogP contribution in [0.15, 0.2) is 72.8 Å². The first-order chi connectivity index (χ1) is 43.9. The third kappa shape index (κ3) is 21.5. The van der Waals surface area contributed by atoms with Crippen LogP contribution in [0, 0.1) is 0 Å². The smallest absolute Gasteiger partial charge is 0.126 e. The fourth-order valence-corrected chi connectivity index (χ4v) is 12.6. The molecule has 1 aliphatic rings. The lowest BCUT2D eigenvalue weighted by Crippen LogP contribution is -2.10. The molecule has 0 fully saturated rings. The van der Waals surface area contributed by atoms with Gasteiger partial charge in [-0.2, -0.15) is 0 Å². The van der Waals surface area contributed by atoms with Gasteiger partial charge in [0, 0.05) is 105 Å². The minimum absolute atomic E-state index is 0.0360. The summed E-state index contributed by atoms with van der Waals surface area (Å²) in [6, 6.07) is 20.9. The largest absolute Gasteiger partial charge is 0.508 e. The lowest BCUT2D eigenvalue weighted by molar-refractivity contribution is 0.292. The molecule has 6 aromatic carbocycles. The predicted octanol–water partition coefficient (Wildman–Crippen LogP) is 19.5. The lowest BCUT2D eigenvalue weighted by Gasteiger charge is -2.23. The molecule has 12 nitrogen and oxygen atoms in total. The SMILES string of the molecule is CCCCCCOc1c2cc(O)cc1Cc1cc(O)cc(c1OCCCCCC)Cc1cc(O)cc(c1OCCCCCC)Cc1cc(O)cc(c1OCCCCCC)Cc1cc(O)cc(c1OCCCCCC)Cc1cc(O)cc(c1OCCCCCC)C2. The maximum absolute atomic E-state index is 11.9. The Morgan fingerprint density at radius 3 is 0.433 bits per heavy atom. The molecule has 12 heteroatoms. The van der Waals surface area contributed by atoms with Crippen LogP contribution in [0.2, 0.25) is 0 Å². The molecule has 0 amide bonds. The molecular formula is C78H108O12. The molecule has 6 N–H and O–H groups in total. The maximum Gasteiger partial charge on any atom is 0.126 e. The molecule has 90 heavy (non-hydrogen) atoms. The fourth-order valence-electron chi connectivity index (χ4n) is 12.6. The zero-order valence-corrected chi connectivity index (χ0v) is 55.5. The summed E-state index contributed by atoms with van der Waals surface area (Å²) in [5, 5.41) is 71.5. The number of hydrogen-bond acceptors (Lipinski definition) is 12. The number of benzene rings is 6. The summed E-state index contributed by atoms with van der Waals surface area (Å²) in [5.74, 6) is 3.81. The van der Waals surface area contributed by atoms with Gasteiger partial charge in [0.05, 0.1) is 39.6 Å². The number of hydrogen-bond donors (Lipinski definition) is 6. The van der Waals surface area contributed by atoms with Crippen molar-refractivity contribution in [1.29, 1.82) is 0 Å². The van der Waals surface area contributed by atoms with E-state index in [1.165, 1.54) is 0 Å². The normalized spacial score (nSPS) is 12.3. The van der Waals surface area contributed by atoms with Crippen LogP contribution in [0.1, 0.15) is 262 Å². The van der Waals surface area contributed by atoms with Gasteiger partial charge in [0.2, 0.25) is 0 Å². The number of phenolic OH excluding ortho intramolecular Hbond substituents is 6. The van der Waals surface area contributed by atoms with E-state index in [1.54, 1.807) is 72.8 Å². The Hall–Kier alpha value is -7.08. The third-order valence-electron chi connectivity index (χ3n) is 17.1. The molecule has 0 atom stereocenters. The molecule has 7 rings (SSSR count). The van der Waals surface area contributed by atoms with Crippen molar-refractivity contribution >= 4 is 0 Å². The van der Waals surface area contributed by atoms with Crippen molar-refractivity contribution in [3.8, 4) is 69.0 Å². The van der Waals surface area contributed by atoms with Gasteiger partial charge in [0.25, 0.3) is 0 Å². The quantitative estimate of drug-likeness (QED) is 0.0205.